The SMILES string of the molecule is CC(C)(C)c1ccc2c3c1C1(C)CCCCC1(C)N3c1cccc3c1B2c1cccc2c4ccccc4n-3c12. The van der Waals surface area contributed by atoms with E-state index in [1.807, 2.05) is 0 Å². The highest BCUT2D eigenvalue weighted by atomic mass is 15.3. The molecule has 2 unspecified atom stereocenters. The Kier molecular flexibility index (Phi) is 3.91. The minimum atomic E-state index is 0.0643. The van der Waals surface area contributed by atoms with Gasteiger partial charge in [0.05, 0.1) is 11.1 Å². The van der Waals surface area contributed by atoms with Gasteiger partial charge in [-0.15, -0.1) is 0 Å². The summed E-state index contributed by atoms with van der Waals surface area (Å²) in [4.78, 5) is 2.85. The van der Waals surface area contributed by atoms with Crippen molar-refractivity contribution in [2.75, 3.05) is 4.90 Å². The smallest absolute Gasteiger partial charge is 0.252 e. The molecule has 2 atom stereocenters. The van der Waals surface area contributed by atoms with E-state index in [0.717, 1.165) is 0 Å². The first-order chi connectivity index (χ1) is 18.8. The van der Waals surface area contributed by atoms with Gasteiger partial charge in [-0.25, -0.2) is 0 Å². The lowest BCUT2D eigenvalue weighted by atomic mass is 9.33. The second kappa shape index (κ2) is 6.81. The summed E-state index contributed by atoms with van der Waals surface area (Å²) in [6.45, 7) is 12.7. The molecular weight excluding hydrogens is 471 g/mol. The predicted octanol–water partition coefficient (Wildman–Crippen LogP) is 6.97. The minimum Gasteiger partial charge on any atom is -0.335 e. The molecular formula is C36H35BN2. The highest BCUT2D eigenvalue weighted by Crippen LogP contribution is 2.63. The molecule has 0 N–H and O–H groups in total. The molecule has 9 rings (SSSR count). The van der Waals surface area contributed by atoms with Crippen LogP contribution < -0.4 is 21.3 Å². The van der Waals surface area contributed by atoms with Crippen molar-refractivity contribution in [3.05, 3.63) is 83.9 Å². The molecule has 0 spiro atoms. The molecule has 1 saturated carbocycles. The van der Waals surface area contributed by atoms with Crippen molar-refractivity contribution in [1.82, 2.24) is 4.57 Å². The normalized spacial score (nSPS) is 24.2. The van der Waals surface area contributed by atoms with E-state index in [0.29, 0.717) is 0 Å². The van der Waals surface area contributed by atoms with Crippen LogP contribution in [0, 0.1) is 0 Å². The van der Waals surface area contributed by atoms with Crippen molar-refractivity contribution in [3.63, 3.8) is 0 Å². The van der Waals surface area contributed by atoms with E-state index in [1.54, 1.807) is 11.1 Å². The van der Waals surface area contributed by atoms with Gasteiger partial charge in [0.1, 0.15) is 0 Å². The van der Waals surface area contributed by atoms with E-state index in [9.17, 15) is 0 Å². The monoisotopic (exact) mass is 506 g/mol. The lowest BCUT2D eigenvalue weighted by Crippen LogP contribution is -2.64. The summed E-state index contributed by atoms with van der Waals surface area (Å²) in [5.41, 5.74) is 15.0. The molecule has 39 heavy (non-hydrogen) atoms. The third kappa shape index (κ3) is 2.36. The van der Waals surface area contributed by atoms with Crippen LogP contribution in [0.4, 0.5) is 11.4 Å². The van der Waals surface area contributed by atoms with Crippen LogP contribution in [0.15, 0.2) is 72.8 Å². The Labute approximate surface area is 231 Å². The van der Waals surface area contributed by atoms with E-state index in [-0.39, 0.29) is 23.1 Å². The number of anilines is 2. The number of rotatable bonds is 0. The predicted molar refractivity (Wildman–Crippen MR) is 167 cm³/mol. The van der Waals surface area contributed by atoms with Gasteiger partial charge in [0.2, 0.25) is 0 Å². The number of hydrogen-bond donors (Lipinski definition) is 0. The van der Waals surface area contributed by atoms with Gasteiger partial charge in [-0.05, 0) is 70.9 Å². The van der Waals surface area contributed by atoms with E-state index in [1.165, 1.54) is 80.9 Å². The van der Waals surface area contributed by atoms with Crippen LogP contribution in [-0.2, 0) is 10.8 Å². The first kappa shape index (κ1) is 22.4. The summed E-state index contributed by atoms with van der Waals surface area (Å²) in [5, 5.41) is 2.72. The number of nitrogens with zero attached hydrogens (tertiary/aromatic N) is 2. The molecule has 4 aliphatic rings. The van der Waals surface area contributed by atoms with Crippen molar-refractivity contribution in [2.24, 2.45) is 0 Å². The van der Waals surface area contributed by atoms with Gasteiger partial charge in [0.25, 0.3) is 6.71 Å². The molecule has 2 nitrogen and oxygen atoms in total. The lowest BCUT2D eigenvalue weighted by molar-refractivity contribution is 0.193. The number of aromatic nitrogens is 1. The first-order valence-corrected chi connectivity index (χ1v) is 14.9. The van der Waals surface area contributed by atoms with Crippen LogP contribution in [0.2, 0.25) is 0 Å². The van der Waals surface area contributed by atoms with Gasteiger partial charge < -0.3 is 9.47 Å². The van der Waals surface area contributed by atoms with E-state index in [4.69, 9.17) is 0 Å². The minimum absolute atomic E-state index is 0.0643. The van der Waals surface area contributed by atoms with Gasteiger partial charge in [-0.1, -0.05) is 95.1 Å². The average molecular weight is 507 g/mol. The standard InChI is InChI=1S/C36H35BN2/c1-34(2,3)24-18-19-26-33-30(24)35(4)20-8-9-21-36(35,5)39(33)29-17-11-16-28-31(29)37(26)25-14-10-13-23-22-12-6-7-15-27(22)38(28)32(23)25/h6-7,10-19H,8-9,20-21H2,1-5H3. The topological polar surface area (TPSA) is 8.17 Å². The Morgan fingerprint density at radius 2 is 1.49 bits per heavy atom. The lowest BCUT2D eigenvalue weighted by Gasteiger charge is -2.52. The third-order valence-electron chi connectivity index (χ3n) is 11.2. The Hall–Kier alpha value is -3.46. The molecule has 1 aromatic heterocycles. The van der Waals surface area contributed by atoms with Crippen molar-refractivity contribution in [1.29, 1.82) is 0 Å². The summed E-state index contributed by atoms with van der Waals surface area (Å²) in [6.07, 6.45) is 5.13. The van der Waals surface area contributed by atoms with Crippen LogP contribution in [0.3, 0.4) is 0 Å². The summed E-state index contributed by atoms with van der Waals surface area (Å²) < 4.78 is 2.57. The van der Waals surface area contributed by atoms with Gasteiger partial charge in [0, 0.05) is 38.8 Å². The van der Waals surface area contributed by atoms with Crippen LogP contribution >= 0.6 is 0 Å². The number of para-hydroxylation sites is 2. The zero-order valence-electron chi connectivity index (χ0n) is 23.7. The molecule has 0 amide bonds. The van der Waals surface area contributed by atoms with E-state index in [2.05, 4.69) is 117 Å². The molecule has 0 bridgehead atoms. The molecule has 4 heterocycles. The molecule has 0 saturated heterocycles. The van der Waals surface area contributed by atoms with Crippen molar-refractivity contribution in [3.8, 4) is 5.69 Å². The van der Waals surface area contributed by atoms with Gasteiger partial charge >= 0.3 is 0 Å². The number of benzene rings is 4. The highest BCUT2D eigenvalue weighted by Gasteiger charge is 2.62. The fraction of sp³-hybridized carbons (Fsp3) is 0.333. The second-order valence-electron chi connectivity index (χ2n) is 14.1. The van der Waals surface area contributed by atoms with Crippen LogP contribution in [0.5, 0.6) is 0 Å². The molecule has 1 aliphatic carbocycles. The Bertz CT molecular complexity index is 1910. The van der Waals surface area contributed by atoms with Crippen LogP contribution in [0.1, 0.15) is 71.4 Å². The van der Waals surface area contributed by atoms with Crippen LogP contribution in [0.25, 0.3) is 27.5 Å². The van der Waals surface area contributed by atoms with Crippen molar-refractivity contribution < 1.29 is 0 Å². The zero-order valence-corrected chi connectivity index (χ0v) is 23.7. The highest BCUT2D eigenvalue weighted by molar-refractivity contribution is 7.00. The molecule has 1 fully saturated rings. The fourth-order valence-electron chi connectivity index (χ4n) is 9.38. The maximum Gasteiger partial charge on any atom is 0.252 e. The zero-order chi connectivity index (χ0) is 26.5. The van der Waals surface area contributed by atoms with E-state index < -0.39 is 0 Å². The van der Waals surface area contributed by atoms with Gasteiger partial charge in [0.15, 0.2) is 0 Å². The molecule has 192 valence electrons. The molecule has 0 radical (unpaired) electrons. The van der Waals surface area contributed by atoms with Crippen molar-refractivity contribution in [2.45, 2.75) is 76.7 Å². The molecule has 4 aromatic carbocycles. The average Bonchev–Trinajstić information content (AvgIpc) is 3.37. The molecule has 3 aliphatic heterocycles. The largest absolute Gasteiger partial charge is 0.335 e. The molecule has 3 heteroatoms. The summed E-state index contributed by atoms with van der Waals surface area (Å²) in [5.74, 6) is 0. The Morgan fingerprint density at radius 1 is 0.744 bits per heavy atom. The maximum atomic E-state index is 2.85. The fourth-order valence-corrected chi connectivity index (χ4v) is 9.38. The van der Waals surface area contributed by atoms with Gasteiger partial charge in [-0.2, -0.15) is 0 Å². The molecule has 5 aromatic rings. The third-order valence-corrected chi connectivity index (χ3v) is 11.2. The number of fused-ring (bicyclic) bond motifs is 10. The van der Waals surface area contributed by atoms with Gasteiger partial charge in [-0.3, -0.25) is 0 Å². The second-order valence-corrected chi connectivity index (χ2v) is 14.1. The van der Waals surface area contributed by atoms with E-state index >= 15 is 0 Å². The summed E-state index contributed by atoms with van der Waals surface area (Å²) >= 11 is 0. The first-order valence-electron chi connectivity index (χ1n) is 14.9. The van der Waals surface area contributed by atoms with Crippen LogP contribution in [-0.4, -0.2) is 16.8 Å². The quantitative estimate of drug-likeness (QED) is 0.202. The number of hydrogen-bond acceptors (Lipinski definition) is 1. The van der Waals surface area contributed by atoms with Crippen molar-refractivity contribution >= 4 is 56.3 Å². The summed E-state index contributed by atoms with van der Waals surface area (Å²) in [7, 11) is 0. The summed E-state index contributed by atoms with van der Waals surface area (Å²) in [6, 6.07) is 28.2. The Morgan fingerprint density at radius 3 is 2.33 bits per heavy atom. The Balaban J connectivity index is 1.49. The maximum absolute atomic E-state index is 2.85.